The van der Waals surface area contributed by atoms with E-state index >= 15 is 0 Å². The highest BCUT2D eigenvalue weighted by atomic mass is 16.4. The molecule has 1 aromatic heterocycles. The molecule has 0 amide bonds. The van der Waals surface area contributed by atoms with Gasteiger partial charge in [0.05, 0.1) is 17.3 Å². The average Bonchev–Trinajstić information content (AvgIpc) is 2.96. The highest BCUT2D eigenvalue weighted by molar-refractivity contribution is 5.70. The van der Waals surface area contributed by atoms with Crippen molar-refractivity contribution in [3.8, 4) is 5.69 Å². The van der Waals surface area contributed by atoms with Gasteiger partial charge in [0, 0.05) is 6.20 Å². The summed E-state index contributed by atoms with van der Waals surface area (Å²) in [6.45, 7) is 2.20. The SMILES string of the molecule is CCCCc1ccc(-n2cc3c(n2)CCC(C(=O)O)C3)cc1. The van der Waals surface area contributed by atoms with Crippen LogP contribution in [0.25, 0.3) is 5.69 Å². The lowest BCUT2D eigenvalue weighted by molar-refractivity contribution is -0.142. The topological polar surface area (TPSA) is 55.1 Å². The first-order valence-electron chi connectivity index (χ1n) is 8.07. The molecule has 0 spiro atoms. The van der Waals surface area contributed by atoms with Gasteiger partial charge < -0.3 is 5.11 Å². The number of carboxylic acids is 1. The number of fused-ring (bicyclic) bond motifs is 1. The first-order chi connectivity index (χ1) is 10.7. The molecule has 4 heteroatoms. The quantitative estimate of drug-likeness (QED) is 0.920. The van der Waals surface area contributed by atoms with E-state index in [1.54, 1.807) is 0 Å². The van der Waals surface area contributed by atoms with E-state index in [2.05, 4.69) is 36.3 Å². The van der Waals surface area contributed by atoms with Crippen molar-refractivity contribution in [3.05, 3.63) is 47.3 Å². The predicted molar refractivity (Wildman–Crippen MR) is 85.3 cm³/mol. The molecule has 1 aliphatic carbocycles. The van der Waals surface area contributed by atoms with Crippen molar-refractivity contribution >= 4 is 5.97 Å². The number of aliphatic carboxylic acids is 1. The third kappa shape index (κ3) is 3.06. The van der Waals surface area contributed by atoms with Crippen LogP contribution in [0.4, 0.5) is 0 Å². The summed E-state index contributed by atoms with van der Waals surface area (Å²) >= 11 is 0. The van der Waals surface area contributed by atoms with Gasteiger partial charge in [-0.3, -0.25) is 4.79 Å². The lowest BCUT2D eigenvalue weighted by Gasteiger charge is -2.16. The van der Waals surface area contributed by atoms with Crippen LogP contribution in [0.5, 0.6) is 0 Å². The zero-order valence-corrected chi connectivity index (χ0v) is 13.0. The number of benzene rings is 1. The molecule has 116 valence electrons. The lowest BCUT2D eigenvalue weighted by Crippen LogP contribution is -2.21. The number of hydrogen-bond donors (Lipinski definition) is 1. The van der Waals surface area contributed by atoms with Crippen LogP contribution in [0.2, 0.25) is 0 Å². The molecule has 1 heterocycles. The van der Waals surface area contributed by atoms with E-state index in [0.29, 0.717) is 12.8 Å². The first-order valence-corrected chi connectivity index (χ1v) is 8.07. The Morgan fingerprint density at radius 1 is 1.36 bits per heavy atom. The number of nitrogens with zero attached hydrogens (tertiary/aromatic N) is 2. The molecule has 3 rings (SSSR count). The minimum Gasteiger partial charge on any atom is -0.481 e. The highest BCUT2D eigenvalue weighted by Gasteiger charge is 2.26. The van der Waals surface area contributed by atoms with Crippen LogP contribution in [0.1, 0.15) is 43.0 Å². The van der Waals surface area contributed by atoms with E-state index < -0.39 is 5.97 Å². The van der Waals surface area contributed by atoms with E-state index in [0.717, 1.165) is 29.8 Å². The summed E-state index contributed by atoms with van der Waals surface area (Å²) in [4.78, 5) is 11.1. The van der Waals surface area contributed by atoms with Gasteiger partial charge in [0.25, 0.3) is 0 Å². The van der Waals surface area contributed by atoms with Crippen molar-refractivity contribution < 1.29 is 9.90 Å². The number of aromatic nitrogens is 2. The van der Waals surface area contributed by atoms with Crippen LogP contribution in [-0.4, -0.2) is 20.9 Å². The van der Waals surface area contributed by atoms with Crippen LogP contribution in [0.15, 0.2) is 30.5 Å². The molecule has 0 aliphatic heterocycles. The second-order valence-corrected chi connectivity index (χ2v) is 6.09. The summed E-state index contributed by atoms with van der Waals surface area (Å²) in [5, 5.41) is 13.8. The molecule has 0 radical (unpaired) electrons. The Morgan fingerprint density at radius 3 is 2.82 bits per heavy atom. The third-order valence-electron chi connectivity index (χ3n) is 4.44. The lowest BCUT2D eigenvalue weighted by atomic mass is 9.88. The van der Waals surface area contributed by atoms with Crippen molar-refractivity contribution in [3.63, 3.8) is 0 Å². The fraction of sp³-hybridized carbons (Fsp3) is 0.444. The third-order valence-corrected chi connectivity index (χ3v) is 4.44. The average molecular weight is 298 g/mol. The summed E-state index contributed by atoms with van der Waals surface area (Å²) in [6, 6.07) is 8.51. The molecule has 2 aromatic rings. The van der Waals surface area contributed by atoms with Crippen LogP contribution in [-0.2, 0) is 24.1 Å². The number of carboxylic acid groups (broad SMARTS) is 1. The number of hydrogen-bond acceptors (Lipinski definition) is 2. The van der Waals surface area contributed by atoms with E-state index in [9.17, 15) is 4.79 Å². The van der Waals surface area contributed by atoms with E-state index in [4.69, 9.17) is 5.11 Å². The molecular weight excluding hydrogens is 276 g/mol. The molecular formula is C18H22N2O2. The van der Waals surface area contributed by atoms with Gasteiger partial charge in [-0.05, 0) is 55.4 Å². The molecule has 1 aliphatic rings. The molecule has 0 fully saturated rings. The van der Waals surface area contributed by atoms with Gasteiger partial charge in [0.15, 0.2) is 0 Å². The summed E-state index contributed by atoms with van der Waals surface area (Å²) < 4.78 is 1.89. The Kier molecular flexibility index (Phi) is 4.27. The molecule has 0 saturated heterocycles. The fourth-order valence-electron chi connectivity index (χ4n) is 3.04. The van der Waals surface area contributed by atoms with Crippen LogP contribution in [0.3, 0.4) is 0 Å². The molecule has 1 N–H and O–H groups in total. The molecule has 0 bridgehead atoms. The number of rotatable bonds is 5. The normalized spacial score (nSPS) is 17.2. The monoisotopic (exact) mass is 298 g/mol. The van der Waals surface area contributed by atoms with Crippen LogP contribution >= 0.6 is 0 Å². The summed E-state index contributed by atoms with van der Waals surface area (Å²) in [7, 11) is 0. The Labute approximate surface area is 130 Å². The summed E-state index contributed by atoms with van der Waals surface area (Å²) in [5.41, 5.74) is 4.52. The van der Waals surface area contributed by atoms with E-state index in [-0.39, 0.29) is 5.92 Å². The van der Waals surface area contributed by atoms with Gasteiger partial charge in [-0.25, -0.2) is 4.68 Å². The maximum atomic E-state index is 11.1. The fourth-order valence-corrected chi connectivity index (χ4v) is 3.04. The van der Waals surface area contributed by atoms with Crippen LogP contribution in [0, 0.1) is 5.92 Å². The predicted octanol–water partition coefficient (Wildman–Crippen LogP) is 3.40. The second kappa shape index (κ2) is 6.34. The van der Waals surface area contributed by atoms with Crippen LogP contribution < -0.4 is 0 Å². The first kappa shape index (κ1) is 14.8. The van der Waals surface area contributed by atoms with E-state index in [1.807, 2.05) is 10.9 Å². The molecule has 0 saturated carbocycles. The minimum atomic E-state index is -0.696. The van der Waals surface area contributed by atoms with E-state index in [1.165, 1.54) is 18.4 Å². The maximum Gasteiger partial charge on any atom is 0.306 e. The Bertz CT molecular complexity index is 658. The van der Waals surface area contributed by atoms with Crippen molar-refractivity contribution in [2.75, 3.05) is 0 Å². The van der Waals surface area contributed by atoms with Gasteiger partial charge in [-0.15, -0.1) is 0 Å². The minimum absolute atomic E-state index is 0.262. The summed E-state index contributed by atoms with van der Waals surface area (Å²) in [5.74, 6) is -0.958. The van der Waals surface area contributed by atoms with Gasteiger partial charge in [-0.2, -0.15) is 5.10 Å². The van der Waals surface area contributed by atoms with Crippen molar-refractivity contribution in [2.45, 2.75) is 45.4 Å². The Balaban J connectivity index is 1.77. The van der Waals surface area contributed by atoms with Crippen molar-refractivity contribution in [2.24, 2.45) is 5.92 Å². The van der Waals surface area contributed by atoms with Gasteiger partial charge >= 0.3 is 5.97 Å². The molecule has 22 heavy (non-hydrogen) atoms. The molecule has 1 aromatic carbocycles. The molecule has 1 unspecified atom stereocenters. The number of unbranched alkanes of at least 4 members (excludes halogenated alkanes) is 1. The molecule has 4 nitrogen and oxygen atoms in total. The van der Waals surface area contributed by atoms with Crippen molar-refractivity contribution in [1.29, 1.82) is 0 Å². The Morgan fingerprint density at radius 2 is 2.14 bits per heavy atom. The Hall–Kier alpha value is -2.10. The number of aryl methyl sites for hydroxylation is 2. The smallest absolute Gasteiger partial charge is 0.306 e. The summed E-state index contributed by atoms with van der Waals surface area (Å²) in [6.07, 6.45) is 7.57. The zero-order valence-electron chi connectivity index (χ0n) is 13.0. The highest BCUT2D eigenvalue weighted by Crippen LogP contribution is 2.26. The van der Waals surface area contributed by atoms with Gasteiger partial charge in [-0.1, -0.05) is 25.5 Å². The maximum absolute atomic E-state index is 11.1. The zero-order chi connectivity index (χ0) is 15.5. The number of carbonyl (C=O) groups is 1. The molecule has 1 atom stereocenters. The largest absolute Gasteiger partial charge is 0.481 e. The van der Waals surface area contributed by atoms with Gasteiger partial charge in [0.1, 0.15) is 0 Å². The second-order valence-electron chi connectivity index (χ2n) is 6.09. The standard InChI is InChI=1S/C18H22N2O2/c1-2-3-4-13-5-8-16(9-6-13)20-12-15-11-14(18(21)22)7-10-17(15)19-20/h5-6,8-9,12,14H,2-4,7,10-11H2,1H3,(H,21,22). The van der Waals surface area contributed by atoms with Gasteiger partial charge in [0.2, 0.25) is 0 Å². The van der Waals surface area contributed by atoms with Crippen molar-refractivity contribution in [1.82, 2.24) is 9.78 Å².